The predicted octanol–water partition coefficient (Wildman–Crippen LogP) is 0.0330. The van der Waals surface area contributed by atoms with Crippen LogP contribution in [0.2, 0.25) is 0 Å². The SMILES string of the molecule is C=CCNC(=O)NOC. The summed E-state index contributed by atoms with van der Waals surface area (Å²) >= 11 is 0. The first kappa shape index (κ1) is 7.97. The van der Waals surface area contributed by atoms with Crippen LogP contribution in [0.1, 0.15) is 0 Å². The van der Waals surface area contributed by atoms with E-state index in [1.807, 2.05) is 0 Å². The number of carbonyl (C=O) groups excluding carboxylic acids is 1. The molecule has 0 aromatic carbocycles. The monoisotopic (exact) mass is 130 g/mol. The zero-order valence-electron chi connectivity index (χ0n) is 5.31. The lowest BCUT2D eigenvalue weighted by Crippen LogP contribution is -2.34. The Morgan fingerprint density at radius 1 is 1.89 bits per heavy atom. The van der Waals surface area contributed by atoms with Crippen LogP contribution in [0.4, 0.5) is 4.79 Å². The molecule has 0 fully saturated rings. The van der Waals surface area contributed by atoms with E-state index in [9.17, 15) is 4.79 Å². The molecule has 0 aliphatic heterocycles. The van der Waals surface area contributed by atoms with Gasteiger partial charge in [0, 0.05) is 6.54 Å². The van der Waals surface area contributed by atoms with E-state index in [0.29, 0.717) is 6.54 Å². The number of nitrogens with one attached hydrogen (secondary N) is 2. The molecule has 52 valence electrons. The summed E-state index contributed by atoms with van der Waals surface area (Å²) in [6.45, 7) is 3.85. The van der Waals surface area contributed by atoms with Crippen molar-refractivity contribution < 1.29 is 9.63 Å². The quantitative estimate of drug-likeness (QED) is 0.418. The molecule has 0 atom stereocenters. The largest absolute Gasteiger partial charge is 0.338 e. The Morgan fingerprint density at radius 2 is 2.56 bits per heavy atom. The third-order valence-corrected chi connectivity index (χ3v) is 0.602. The van der Waals surface area contributed by atoms with Crippen molar-refractivity contribution in [1.82, 2.24) is 10.8 Å². The van der Waals surface area contributed by atoms with Crippen LogP contribution in [0, 0.1) is 0 Å². The Balaban J connectivity index is 3.16. The van der Waals surface area contributed by atoms with Gasteiger partial charge >= 0.3 is 6.03 Å². The van der Waals surface area contributed by atoms with Gasteiger partial charge in [0.15, 0.2) is 0 Å². The lowest BCUT2D eigenvalue weighted by Gasteiger charge is -2.00. The fourth-order valence-corrected chi connectivity index (χ4v) is 0.294. The van der Waals surface area contributed by atoms with Crippen molar-refractivity contribution >= 4 is 6.03 Å². The number of hydrogen-bond acceptors (Lipinski definition) is 2. The van der Waals surface area contributed by atoms with Gasteiger partial charge in [-0.2, -0.15) is 0 Å². The zero-order valence-corrected chi connectivity index (χ0v) is 5.31. The second-order valence-electron chi connectivity index (χ2n) is 1.30. The van der Waals surface area contributed by atoms with Gasteiger partial charge < -0.3 is 5.32 Å². The summed E-state index contributed by atoms with van der Waals surface area (Å²) in [6.07, 6.45) is 1.58. The molecule has 0 heterocycles. The molecular formula is C5H10N2O2. The number of rotatable bonds is 3. The molecule has 0 radical (unpaired) electrons. The second-order valence-corrected chi connectivity index (χ2v) is 1.30. The molecule has 0 aliphatic carbocycles. The summed E-state index contributed by atoms with van der Waals surface area (Å²) in [4.78, 5) is 14.7. The molecule has 0 unspecified atom stereocenters. The maximum atomic E-state index is 10.4. The molecule has 9 heavy (non-hydrogen) atoms. The van der Waals surface area contributed by atoms with E-state index in [1.54, 1.807) is 6.08 Å². The highest BCUT2D eigenvalue weighted by atomic mass is 16.6. The molecule has 0 rings (SSSR count). The van der Waals surface area contributed by atoms with Gasteiger partial charge in [0.1, 0.15) is 0 Å². The third-order valence-electron chi connectivity index (χ3n) is 0.602. The standard InChI is InChI=1S/C5H10N2O2/c1-3-4-6-5(8)7-9-2/h3H,1,4H2,2H3,(H2,6,7,8). The van der Waals surface area contributed by atoms with Gasteiger partial charge in [0.25, 0.3) is 0 Å². The minimum absolute atomic E-state index is 0.364. The molecular weight excluding hydrogens is 120 g/mol. The summed E-state index contributed by atoms with van der Waals surface area (Å²) in [5.41, 5.74) is 2.08. The van der Waals surface area contributed by atoms with Crippen molar-refractivity contribution in [3.8, 4) is 0 Å². The summed E-state index contributed by atoms with van der Waals surface area (Å²) in [6, 6.07) is -0.364. The molecule has 0 spiro atoms. The minimum atomic E-state index is -0.364. The van der Waals surface area contributed by atoms with E-state index in [-0.39, 0.29) is 6.03 Å². The highest BCUT2D eigenvalue weighted by Crippen LogP contribution is 1.63. The summed E-state index contributed by atoms with van der Waals surface area (Å²) in [7, 11) is 1.37. The number of amides is 2. The first-order chi connectivity index (χ1) is 4.31. The number of hydrogen-bond donors (Lipinski definition) is 2. The maximum absolute atomic E-state index is 10.4. The Bertz CT molecular complexity index is 103. The Labute approximate surface area is 53.8 Å². The van der Waals surface area contributed by atoms with Crippen molar-refractivity contribution in [3.05, 3.63) is 12.7 Å². The lowest BCUT2D eigenvalue weighted by atomic mass is 10.6. The van der Waals surface area contributed by atoms with Gasteiger partial charge in [0.2, 0.25) is 0 Å². The first-order valence-corrected chi connectivity index (χ1v) is 2.49. The van der Waals surface area contributed by atoms with Crippen molar-refractivity contribution in [3.63, 3.8) is 0 Å². The average molecular weight is 130 g/mol. The third kappa shape index (κ3) is 4.83. The van der Waals surface area contributed by atoms with Crippen molar-refractivity contribution in [2.45, 2.75) is 0 Å². The maximum Gasteiger partial charge on any atom is 0.338 e. The first-order valence-electron chi connectivity index (χ1n) is 2.49. The van der Waals surface area contributed by atoms with E-state index < -0.39 is 0 Å². The van der Waals surface area contributed by atoms with Crippen LogP contribution < -0.4 is 10.8 Å². The molecule has 0 saturated heterocycles. The fraction of sp³-hybridized carbons (Fsp3) is 0.400. The van der Waals surface area contributed by atoms with Gasteiger partial charge in [-0.25, -0.2) is 10.3 Å². The van der Waals surface area contributed by atoms with Gasteiger partial charge in [0.05, 0.1) is 7.11 Å². The average Bonchev–Trinajstić information content (AvgIpc) is 1.85. The van der Waals surface area contributed by atoms with E-state index in [2.05, 4.69) is 22.2 Å². The Kier molecular flexibility index (Phi) is 4.53. The lowest BCUT2D eigenvalue weighted by molar-refractivity contribution is 0.108. The van der Waals surface area contributed by atoms with Crippen LogP contribution in [-0.4, -0.2) is 19.7 Å². The minimum Gasteiger partial charge on any atom is -0.333 e. The molecule has 0 bridgehead atoms. The van der Waals surface area contributed by atoms with Crippen molar-refractivity contribution in [1.29, 1.82) is 0 Å². The van der Waals surface area contributed by atoms with Crippen molar-refractivity contribution in [2.24, 2.45) is 0 Å². The normalized spacial score (nSPS) is 8.11. The van der Waals surface area contributed by atoms with Crippen LogP contribution in [0.3, 0.4) is 0 Å². The van der Waals surface area contributed by atoms with E-state index in [1.165, 1.54) is 7.11 Å². The van der Waals surface area contributed by atoms with E-state index in [4.69, 9.17) is 0 Å². The second kappa shape index (κ2) is 5.11. The highest BCUT2D eigenvalue weighted by molar-refractivity contribution is 5.72. The van der Waals surface area contributed by atoms with Crippen LogP contribution in [-0.2, 0) is 4.84 Å². The zero-order chi connectivity index (χ0) is 7.11. The summed E-state index contributed by atoms with van der Waals surface area (Å²) < 4.78 is 0. The van der Waals surface area contributed by atoms with Gasteiger partial charge in [-0.1, -0.05) is 6.08 Å². The van der Waals surface area contributed by atoms with E-state index in [0.717, 1.165) is 0 Å². The molecule has 0 aliphatic rings. The van der Waals surface area contributed by atoms with Gasteiger partial charge in [-0.3, -0.25) is 4.84 Å². The Hall–Kier alpha value is -1.03. The fourth-order valence-electron chi connectivity index (χ4n) is 0.294. The Morgan fingerprint density at radius 3 is 3.00 bits per heavy atom. The van der Waals surface area contributed by atoms with E-state index >= 15 is 0 Å². The van der Waals surface area contributed by atoms with Crippen LogP contribution >= 0.6 is 0 Å². The molecule has 0 aromatic heterocycles. The predicted molar refractivity (Wildman–Crippen MR) is 33.7 cm³/mol. The molecule has 0 aromatic rings. The van der Waals surface area contributed by atoms with Gasteiger partial charge in [-0.05, 0) is 0 Å². The van der Waals surface area contributed by atoms with Crippen LogP contribution in [0.25, 0.3) is 0 Å². The van der Waals surface area contributed by atoms with Gasteiger partial charge in [-0.15, -0.1) is 6.58 Å². The highest BCUT2D eigenvalue weighted by Gasteiger charge is 1.91. The summed E-state index contributed by atoms with van der Waals surface area (Å²) in [5.74, 6) is 0. The topological polar surface area (TPSA) is 50.4 Å². The molecule has 4 heteroatoms. The molecule has 4 nitrogen and oxygen atoms in total. The van der Waals surface area contributed by atoms with Crippen molar-refractivity contribution in [2.75, 3.05) is 13.7 Å². The van der Waals surface area contributed by atoms with Crippen LogP contribution in [0.5, 0.6) is 0 Å². The summed E-state index contributed by atoms with van der Waals surface area (Å²) in [5, 5.41) is 2.44. The number of carbonyl (C=O) groups is 1. The number of hydroxylamine groups is 1. The molecule has 0 saturated carbocycles. The molecule has 2 amide bonds. The molecule has 2 N–H and O–H groups in total. The number of urea groups is 1. The van der Waals surface area contributed by atoms with Crippen LogP contribution in [0.15, 0.2) is 12.7 Å². The smallest absolute Gasteiger partial charge is 0.333 e.